The van der Waals surface area contributed by atoms with E-state index in [-0.39, 0.29) is 0 Å². The van der Waals surface area contributed by atoms with E-state index in [0.717, 1.165) is 0 Å². The summed E-state index contributed by atoms with van der Waals surface area (Å²) in [7, 11) is 0. The van der Waals surface area contributed by atoms with E-state index in [1.807, 2.05) is 0 Å². The molecule has 0 aliphatic carbocycles. The van der Waals surface area contributed by atoms with Crippen molar-refractivity contribution in [1.82, 2.24) is 0 Å². The Balaban J connectivity index is 1.73. The van der Waals surface area contributed by atoms with Gasteiger partial charge in [0.05, 0.1) is 0 Å². The van der Waals surface area contributed by atoms with Gasteiger partial charge < -0.3 is 0 Å². The molecule has 6 rings (SSSR count). The summed E-state index contributed by atoms with van der Waals surface area (Å²) in [6.45, 7) is -4.95. The van der Waals surface area contributed by atoms with Crippen molar-refractivity contribution in [3.05, 3.63) is 121 Å². The van der Waals surface area contributed by atoms with Crippen LogP contribution in [0.15, 0.2) is 121 Å². The molecule has 0 saturated carbocycles. The van der Waals surface area contributed by atoms with E-state index in [4.69, 9.17) is 0 Å². The van der Waals surface area contributed by atoms with Crippen LogP contribution in [-0.2, 0) is 0 Å². The van der Waals surface area contributed by atoms with Crippen LogP contribution in [0.25, 0.3) is 0 Å². The Kier molecular flexibility index (Phi) is 5.75. The quantitative estimate of drug-likeness (QED) is 0.254. The third-order valence-electron chi connectivity index (χ3n) is 9.71. The van der Waals surface area contributed by atoms with Gasteiger partial charge in [-0.15, -0.1) is 0 Å². The first-order valence-corrected chi connectivity index (χ1v) is 19.0. The van der Waals surface area contributed by atoms with Crippen LogP contribution in [-0.4, -0.2) is 30.6 Å². The van der Waals surface area contributed by atoms with Gasteiger partial charge in [-0.2, -0.15) is 0 Å². The van der Waals surface area contributed by atoms with E-state index in [2.05, 4.69) is 121 Å². The van der Waals surface area contributed by atoms with Gasteiger partial charge in [0.15, 0.2) is 0 Å². The van der Waals surface area contributed by atoms with Crippen molar-refractivity contribution in [3.8, 4) is 0 Å². The van der Waals surface area contributed by atoms with Crippen LogP contribution in [0.4, 0.5) is 0 Å². The van der Waals surface area contributed by atoms with Crippen LogP contribution in [0.5, 0.6) is 0 Å². The first kappa shape index (κ1) is 23.2. The minimum atomic E-state index is -2.47. The maximum atomic E-state index is 2.51. The Hall–Kier alpha value is -2.26. The summed E-state index contributed by atoms with van der Waals surface area (Å²) in [6.07, 6.45) is 10.9. The van der Waals surface area contributed by atoms with E-state index >= 15 is 0 Å². The molecule has 0 atom stereocenters. The second kappa shape index (κ2) is 8.69. The average molecular weight is 497 g/mol. The topological polar surface area (TPSA) is 0 Å². The van der Waals surface area contributed by atoms with Gasteiger partial charge in [-0.05, 0) is 0 Å². The van der Waals surface area contributed by atoms with Gasteiger partial charge in [-0.1, -0.05) is 0 Å². The first-order chi connectivity index (χ1) is 17.2. The van der Waals surface area contributed by atoms with Gasteiger partial charge in [-0.25, -0.2) is 0 Å². The summed E-state index contributed by atoms with van der Waals surface area (Å²) in [5.41, 5.74) is 0. The van der Waals surface area contributed by atoms with Crippen LogP contribution < -0.4 is 21.2 Å². The fraction of sp³-hybridized carbons (Fsp3) is 0.273. The Morgan fingerprint density at radius 3 is 0.800 bits per heavy atom. The van der Waals surface area contributed by atoms with Crippen molar-refractivity contribution in [2.75, 3.05) is 30.6 Å². The molecule has 0 aromatic heterocycles. The molecule has 0 N–H and O–H groups in total. The van der Waals surface area contributed by atoms with E-state index in [0.29, 0.717) is 0 Å². The SMILES string of the molecule is c1ccc(P2(CP3(c4ccccc4)(c4ccccc4)CCCC3)(c3ccccc3)CCCC2)cc1. The van der Waals surface area contributed by atoms with Gasteiger partial charge in [0.2, 0.25) is 0 Å². The molecule has 4 aromatic rings. The first-order valence-electron chi connectivity index (χ1n) is 13.4. The van der Waals surface area contributed by atoms with Crippen molar-refractivity contribution < 1.29 is 0 Å². The molecule has 180 valence electrons. The fourth-order valence-electron chi connectivity index (χ4n) is 8.24. The number of benzene rings is 4. The van der Waals surface area contributed by atoms with Gasteiger partial charge in [0.25, 0.3) is 0 Å². The molecule has 2 aliphatic heterocycles. The normalized spacial score (nSPS) is 23.9. The summed E-state index contributed by atoms with van der Waals surface area (Å²) < 4.78 is 0. The van der Waals surface area contributed by atoms with Gasteiger partial charge >= 0.3 is 212 Å². The molecule has 0 amide bonds. The van der Waals surface area contributed by atoms with Crippen molar-refractivity contribution in [3.63, 3.8) is 0 Å². The van der Waals surface area contributed by atoms with Crippen molar-refractivity contribution >= 4 is 34.4 Å². The Labute approximate surface area is 211 Å². The average Bonchev–Trinajstić information content (AvgIpc) is 3.59. The second-order valence-electron chi connectivity index (χ2n) is 11.3. The monoisotopic (exact) mass is 496 g/mol. The molecule has 35 heavy (non-hydrogen) atoms. The van der Waals surface area contributed by atoms with Crippen LogP contribution in [0.2, 0.25) is 0 Å². The van der Waals surface area contributed by atoms with Gasteiger partial charge in [-0.3, -0.25) is 0 Å². The zero-order valence-corrected chi connectivity index (χ0v) is 22.6. The zero-order chi connectivity index (χ0) is 23.7. The molecule has 0 nitrogen and oxygen atoms in total. The molecule has 0 radical (unpaired) electrons. The minimum absolute atomic E-state index is 1.36. The third-order valence-corrected chi connectivity index (χ3v) is 27.4. The van der Waals surface area contributed by atoms with Crippen LogP contribution in [0.1, 0.15) is 25.7 Å². The predicted molar refractivity (Wildman–Crippen MR) is 161 cm³/mol. The summed E-state index contributed by atoms with van der Waals surface area (Å²) in [5, 5.41) is 6.69. The summed E-state index contributed by atoms with van der Waals surface area (Å²) in [6, 6.07) is 47.4. The Morgan fingerprint density at radius 2 is 0.571 bits per heavy atom. The zero-order valence-electron chi connectivity index (χ0n) is 20.8. The third kappa shape index (κ3) is 3.34. The summed E-state index contributed by atoms with van der Waals surface area (Å²) >= 11 is 0. The molecule has 4 aromatic carbocycles. The van der Waals surface area contributed by atoms with Gasteiger partial charge in [0.1, 0.15) is 0 Å². The summed E-state index contributed by atoms with van der Waals surface area (Å²) in [5.74, 6) is 1.39. The van der Waals surface area contributed by atoms with Crippen molar-refractivity contribution in [2.24, 2.45) is 0 Å². The molecular weight excluding hydrogens is 458 g/mol. The van der Waals surface area contributed by atoms with E-state index in [1.54, 1.807) is 21.2 Å². The summed E-state index contributed by atoms with van der Waals surface area (Å²) in [4.78, 5) is 0. The molecule has 2 aliphatic rings. The number of hydrogen-bond donors (Lipinski definition) is 0. The van der Waals surface area contributed by atoms with Crippen LogP contribution in [0.3, 0.4) is 0 Å². The van der Waals surface area contributed by atoms with Crippen molar-refractivity contribution in [1.29, 1.82) is 0 Å². The Bertz CT molecular complexity index is 1080. The number of hydrogen-bond acceptors (Lipinski definition) is 0. The van der Waals surface area contributed by atoms with E-state index < -0.39 is 13.2 Å². The van der Waals surface area contributed by atoms with Crippen molar-refractivity contribution in [2.45, 2.75) is 25.7 Å². The van der Waals surface area contributed by atoms with Crippen LogP contribution >= 0.6 is 13.2 Å². The fourth-order valence-corrected chi connectivity index (χ4v) is 30.6. The molecule has 2 saturated heterocycles. The molecule has 0 unspecified atom stereocenters. The predicted octanol–water partition coefficient (Wildman–Crippen LogP) is 6.94. The molecule has 2 fully saturated rings. The van der Waals surface area contributed by atoms with Crippen LogP contribution in [0, 0.1) is 0 Å². The second-order valence-corrected chi connectivity index (χ2v) is 23.2. The maximum absolute atomic E-state index is 2.51. The molecule has 2 heteroatoms. The molecular formula is C33H38P2. The molecule has 0 bridgehead atoms. The Morgan fingerprint density at radius 1 is 0.343 bits per heavy atom. The molecule has 2 heterocycles. The van der Waals surface area contributed by atoms with E-state index in [9.17, 15) is 0 Å². The van der Waals surface area contributed by atoms with Gasteiger partial charge in [0, 0.05) is 0 Å². The standard InChI is InChI=1S/C33H38P2/c1-5-17-30(18-6-1)34(25-13-14-26-34,31-19-7-2-8-20-31)29-35(27-15-16-28-35,32-21-9-3-10-22-32)33-23-11-4-12-24-33/h1-12,17-24H,13-16,25-29H2. The van der Waals surface area contributed by atoms with E-state index in [1.165, 1.54) is 56.2 Å². The number of rotatable bonds is 6. The molecule has 0 spiro atoms.